The Bertz CT molecular complexity index is 463. The highest BCUT2D eigenvalue weighted by molar-refractivity contribution is 5.45. The molecule has 0 aromatic carbocycles. The molecule has 1 aromatic heterocycles. The third-order valence-corrected chi connectivity index (χ3v) is 5.08. The number of nitrogens with one attached hydrogen (secondary N) is 1. The van der Waals surface area contributed by atoms with Crippen LogP contribution in [-0.4, -0.2) is 34.5 Å². The molecule has 2 atom stereocenters. The van der Waals surface area contributed by atoms with E-state index in [2.05, 4.69) is 53.9 Å². The van der Waals surface area contributed by atoms with Crippen molar-refractivity contribution in [2.75, 3.05) is 18.0 Å². The van der Waals surface area contributed by atoms with Gasteiger partial charge in [0.15, 0.2) is 0 Å². The molecule has 0 radical (unpaired) electrons. The van der Waals surface area contributed by atoms with Crippen molar-refractivity contribution in [1.29, 1.82) is 0 Å². The molecular formula is C16H28N4. The second kappa shape index (κ2) is 5.06. The standard InChI is InChI=1S/C16H28N4/c1-5-14-8-17-16(4,13-6-7-13)11-19(14)15-9-18-20(10-15)12(2)3/h9-10,12-14,17H,5-8,11H2,1-4H3. The van der Waals surface area contributed by atoms with Crippen LogP contribution in [0.25, 0.3) is 0 Å². The largest absolute Gasteiger partial charge is 0.363 e. The summed E-state index contributed by atoms with van der Waals surface area (Å²) < 4.78 is 2.07. The van der Waals surface area contributed by atoms with Crippen molar-refractivity contribution >= 4 is 5.69 Å². The Morgan fingerprint density at radius 3 is 2.75 bits per heavy atom. The van der Waals surface area contributed by atoms with E-state index < -0.39 is 0 Å². The first-order chi connectivity index (χ1) is 9.53. The molecule has 1 N–H and O–H groups in total. The monoisotopic (exact) mass is 276 g/mol. The molecule has 2 fully saturated rings. The minimum absolute atomic E-state index is 0.283. The zero-order valence-corrected chi connectivity index (χ0v) is 13.3. The van der Waals surface area contributed by atoms with E-state index in [0.29, 0.717) is 12.1 Å². The first kappa shape index (κ1) is 13.9. The van der Waals surface area contributed by atoms with E-state index in [1.54, 1.807) is 0 Å². The molecule has 1 aliphatic carbocycles. The minimum Gasteiger partial charge on any atom is -0.363 e. The van der Waals surface area contributed by atoms with Gasteiger partial charge in [-0.2, -0.15) is 5.10 Å². The molecule has 0 bridgehead atoms. The number of rotatable bonds is 4. The van der Waals surface area contributed by atoms with Gasteiger partial charge < -0.3 is 10.2 Å². The Morgan fingerprint density at radius 2 is 2.20 bits per heavy atom. The number of piperazine rings is 1. The van der Waals surface area contributed by atoms with Gasteiger partial charge in [0.1, 0.15) is 0 Å². The van der Waals surface area contributed by atoms with Crippen LogP contribution in [0, 0.1) is 5.92 Å². The van der Waals surface area contributed by atoms with Gasteiger partial charge in [-0.3, -0.25) is 4.68 Å². The predicted molar refractivity (Wildman–Crippen MR) is 83.2 cm³/mol. The van der Waals surface area contributed by atoms with Crippen LogP contribution in [0.3, 0.4) is 0 Å². The zero-order chi connectivity index (χ0) is 14.3. The fourth-order valence-electron chi connectivity index (χ4n) is 3.42. The molecule has 2 unspecified atom stereocenters. The van der Waals surface area contributed by atoms with E-state index in [1.165, 1.54) is 24.9 Å². The molecule has 4 heteroatoms. The molecule has 1 aromatic rings. The topological polar surface area (TPSA) is 33.1 Å². The Morgan fingerprint density at radius 1 is 1.45 bits per heavy atom. The van der Waals surface area contributed by atoms with E-state index in [0.717, 1.165) is 19.0 Å². The molecule has 0 amide bonds. The first-order valence-corrected chi connectivity index (χ1v) is 8.09. The third-order valence-electron chi connectivity index (χ3n) is 5.08. The fourth-order valence-corrected chi connectivity index (χ4v) is 3.42. The average molecular weight is 276 g/mol. The zero-order valence-electron chi connectivity index (χ0n) is 13.3. The lowest BCUT2D eigenvalue weighted by Crippen LogP contribution is -2.64. The summed E-state index contributed by atoms with van der Waals surface area (Å²) in [6.45, 7) is 11.2. The Kier molecular flexibility index (Phi) is 3.53. The molecule has 1 aliphatic heterocycles. The van der Waals surface area contributed by atoms with Gasteiger partial charge in [0.2, 0.25) is 0 Å². The van der Waals surface area contributed by atoms with E-state index in [9.17, 15) is 0 Å². The SMILES string of the molecule is CCC1CNC(C)(C2CC2)CN1c1cnn(C(C)C)c1. The fraction of sp³-hybridized carbons (Fsp3) is 0.812. The summed E-state index contributed by atoms with van der Waals surface area (Å²) in [6.07, 6.45) is 8.21. The molecule has 0 spiro atoms. The summed E-state index contributed by atoms with van der Waals surface area (Å²) in [4.78, 5) is 2.58. The summed E-state index contributed by atoms with van der Waals surface area (Å²) >= 11 is 0. The molecule has 1 saturated heterocycles. The van der Waals surface area contributed by atoms with Crippen LogP contribution in [0.15, 0.2) is 12.4 Å². The van der Waals surface area contributed by atoms with Crippen LogP contribution in [0.5, 0.6) is 0 Å². The lowest BCUT2D eigenvalue weighted by atomic mass is 9.90. The van der Waals surface area contributed by atoms with Crippen molar-refractivity contribution in [3.8, 4) is 0 Å². The molecular weight excluding hydrogens is 248 g/mol. The molecule has 112 valence electrons. The van der Waals surface area contributed by atoms with E-state index >= 15 is 0 Å². The lowest BCUT2D eigenvalue weighted by molar-refractivity contribution is 0.252. The van der Waals surface area contributed by atoms with E-state index in [1.807, 2.05) is 6.20 Å². The molecule has 20 heavy (non-hydrogen) atoms. The van der Waals surface area contributed by atoms with Crippen molar-refractivity contribution in [3.05, 3.63) is 12.4 Å². The van der Waals surface area contributed by atoms with Gasteiger partial charge in [-0.25, -0.2) is 0 Å². The van der Waals surface area contributed by atoms with Crippen LogP contribution in [-0.2, 0) is 0 Å². The number of hydrogen-bond acceptors (Lipinski definition) is 3. The van der Waals surface area contributed by atoms with Crippen molar-refractivity contribution in [3.63, 3.8) is 0 Å². The van der Waals surface area contributed by atoms with Crippen LogP contribution in [0.1, 0.15) is 53.0 Å². The van der Waals surface area contributed by atoms with Crippen molar-refractivity contribution in [2.45, 2.75) is 64.6 Å². The summed E-state index contributed by atoms with van der Waals surface area (Å²) in [6, 6.07) is 1.02. The molecule has 2 aliphatic rings. The Labute approximate surface area is 122 Å². The van der Waals surface area contributed by atoms with E-state index in [4.69, 9.17) is 0 Å². The lowest BCUT2D eigenvalue weighted by Gasteiger charge is -2.47. The van der Waals surface area contributed by atoms with Crippen molar-refractivity contribution in [2.24, 2.45) is 5.92 Å². The highest BCUT2D eigenvalue weighted by atomic mass is 15.3. The van der Waals surface area contributed by atoms with Gasteiger partial charge in [0, 0.05) is 36.9 Å². The summed E-state index contributed by atoms with van der Waals surface area (Å²) in [7, 11) is 0. The third kappa shape index (κ3) is 2.46. The smallest absolute Gasteiger partial charge is 0.0756 e. The number of anilines is 1. The Balaban J connectivity index is 1.82. The highest BCUT2D eigenvalue weighted by Crippen LogP contribution is 2.42. The number of hydrogen-bond donors (Lipinski definition) is 1. The summed E-state index contributed by atoms with van der Waals surface area (Å²) in [5, 5.41) is 8.34. The maximum absolute atomic E-state index is 4.52. The molecule has 2 heterocycles. The van der Waals surface area contributed by atoms with Gasteiger partial charge in [-0.15, -0.1) is 0 Å². The van der Waals surface area contributed by atoms with Gasteiger partial charge in [-0.05, 0) is 46.0 Å². The minimum atomic E-state index is 0.283. The normalized spacial score (nSPS) is 31.1. The first-order valence-electron chi connectivity index (χ1n) is 8.09. The van der Waals surface area contributed by atoms with Crippen molar-refractivity contribution in [1.82, 2.24) is 15.1 Å². The van der Waals surface area contributed by atoms with Crippen molar-refractivity contribution < 1.29 is 0 Å². The molecule has 1 saturated carbocycles. The quantitative estimate of drug-likeness (QED) is 0.918. The Hall–Kier alpha value is -1.03. The van der Waals surface area contributed by atoms with Gasteiger partial charge >= 0.3 is 0 Å². The maximum Gasteiger partial charge on any atom is 0.0756 e. The summed E-state index contributed by atoms with van der Waals surface area (Å²) in [5.41, 5.74) is 1.57. The van der Waals surface area contributed by atoms with E-state index in [-0.39, 0.29) is 5.54 Å². The van der Waals surface area contributed by atoms with Gasteiger partial charge in [-0.1, -0.05) is 6.92 Å². The van der Waals surface area contributed by atoms with Crippen LogP contribution >= 0.6 is 0 Å². The maximum atomic E-state index is 4.52. The highest BCUT2D eigenvalue weighted by Gasteiger charge is 2.45. The van der Waals surface area contributed by atoms with Crippen LogP contribution in [0.4, 0.5) is 5.69 Å². The second-order valence-electron chi connectivity index (χ2n) is 7.03. The number of nitrogens with zero attached hydrogens (tertiary/aromatic N) is 3. The molecule has 3 rings (SSSR count). The average Bonchev–Trinajstić information content (AvgIpc) is 3.17. The van der Waals surface area contributed by atoms with Crippen LogP contribution in [0.2, 0.25) is 0 Å². The van der Waals surface area contributed by atoms with Gasteiger partial charge in [0.25, 0.3) is 0 Å². The predicted octanol–water partition coefficient (Wildman–Crippen LogP) is 2.82. The summed E-state index contributed by atoms with van der Waals surface area (Å²) in [5.74, 6) is 0.864. The van der Waals surface area contributed by atoms with Gasteiger partial charge in [0.05, 0.1) is 11.9 Å². The van der Waals surface area contributed by atoms with Crippen LogP contribution < -0.4 is 10.2 Å². The number of aromatic nitrogens is 2. The second-order valence-corrected chi connectivity index (χ2v) is 7.03. The molecule has 4 nitrogen and oxygen atoms in total.